The monoisotopic (exact) mass is 316 g/mol. The summed E-state index contributed by atoms with van der Waals surface area (Å²) in [7, 11) is -3.70. The number of aromatic nitrogens is 2. The van der Waals surface area contributed by atoms with Crippen LogP contribution < -0.4 is 5.32 Å². The average Bonchev–Trinajstić information content (AvgIpc) is 2.48. The number of aliphatic hydroxyl groups excluding tert-OH is 1. The highest BCUT2D eigenvalue weighted by Gasteiger charge is 2.29. The molecule has 0 aliphatic carbocycles. The Labute approximate surface area is 126 Å². The number of nitrogens with zero attached hydrogens (tertiary/aromatic N) is 3. The van der Waals surface area contributed by atoms with Gasteiger partial charge in [0.2, 0.25) is 16.0 Å². The van der Waals surface area contributed by atoms with E-state index in [2.05, 4.69) is 15.3 Å². The van der Waals surface area contributed by atoms with Crippen molar-refractivity contribution in [3.63, 3.8) is 0 Å². The van der Waals surface area contributed by atoms with Crippen LogP contribution in [0.4, 0.5) is 5.95 Å². The number of aliphatic hydroxyl groups is 1. The minimum atomic E-state index is -3.70. The molecule has 1 aromatic heterocycles. The molecule has 1 heterocycles. The smallest absolute Gasteiger partial charge is 0.246 e. The van der Waals surface area contributed by atoms with Crippen molar-refractivity contribution in [2.45, 2.75) is 44.6 Å². The largest absolute Gasteiger partial charge is 0.395 e. The third-order valence-corrected chi connectivity index (χ3v) is 5.14. The predicted octanol–water partition coefficient (Wildman–Crippen LogP) is 1.08. The summed E-state index contributed by atoms with van der Waals surface area (Å²) in [6.45, 7) is 6.29. The molecule has 120 valence electrons. The molecular weight excluding hydrogens is 292 g/mol. The first-order chi connectivity index (χ1) is 10.0. The molecule has 0 aromatic carbocycles. The summed E-state index contributed by atoms with van der Waals surface area (Å²) < 4.78 is 26.7. The van der Waals surface area contributed by atoms with Crippen LogP contribution in [-0.4, -0.2) is 53.5 Å². The molecule has 0 fully saturated rings. The topological polar surface area (TPSA) is 95.4 Å². The first-order valence-electron chi connectivity index (χ1n) is 7.19. The van der Waals surface area contributed by atoms with E-state index in [1.165, 1.54) is 16.7 Å². The van der Waals surface area contributed by atoms with Crippen LogP contribution >= 0.6 is 0 Å². The molecule has 0 amide bonds. The maximum absolute atomic E-state index is 12.7. The summed E-state index contributed by atoms with van der Waals surface area (Å²) in [6.07, 6.45) is 3.97. The fourth-order valence-corrected chi connectivity index (χ4v) is 3.78. The minimum Gasteiger partial charge on any atom is -0.395 e. The fraction of sp³-hybridized carbons (Fsp3) is 0.692. The molecule has 1 aromatic rings. The van der Waals surface area contributed by atoms with Crippen molar-refractivity contribution in [3.8, 4) is 0 Å². The highest BCUT2D eigenvalue weighted by atomic mass is 32.2. The second-order valence-corrected chi connectivity index (χ2v) is 6.47. The van der Waals surface area contributed by atoms with Crippen LogP contribution in [0.15, 0.2) is 17.3 Å². The van der Waals surface area contributed by atoms with E-state index in [4.69, 9.17) is 5.11 Å². The number of nitrogens with one attached hydrogen (secondary N) is 1. The molecule has 0 unspecified atom stereocenters. The fourth-order valence-electron chi connectivity index (χ4n) is 2.13. The molecule has 21 heavy (non-hydrogen) atoms. The third-order valence-electron chi connectivity index (χ3n) is 3.24. The zero-order chi connectivity index (χ0) is 15.9. The van der Waals surface area contributed by atoms with Gasteiger partial charge in [-0.1, -0.05) is 13.8 Å². The Morgan fingerprint density at radius 3 is 2.24 bits per heavy atom. The Morgan fingerprint density at radius 2 is 1.81 bits per heavy atom. The first-order valence-corrected chi connectivity index (χ1v) is 8.63. The van der Waals surface area contributed by atoms with Gasteiger partial charge >= 0.3 is 0 Å². The van der Waals surface area contributed by atoms with Crippen LogP contribution in [0.25, 0.3) is 0 Å². The van der Waals surface area contributed by atoms with Gasteiger partial charge in [0.1, 0.15) is 4.90 Å². The molecule has 0 aliphatic rings. The summed E-state index contributed by atoms with van der Waals surface area (Å²) in [4.78, 5) is 8.04. The molecule has 0 saturated heterocycles. The molecule has 7 nitrogen and oxygen atoms in total. The number of rotatable bonds is 9. The quantitative estimate of drug-likeness (QED) is 0.708. The second kappa shape index (κ2) is 8.26. The van der Waals surface area contributed by atoms with Gasteiger partial charge in [-0.15, -0.1) is 0 Å². The van der Waals surface area contributed by atoms with Crippen LogP contribution in [0.2, 0.25) is 0 Å². The maximum atomic E-state index is 12.7. The third kappa shape index (κ3) is 4.36. The van der Waals surface area contributed by atoms with E-state index in [9.17, 15) is 8.42 Å². The highest BCUT2D eigenvalue weighted by molar-refractivity contribution is 7.89. The Kier molecular flexibility index (Phi) is 7.00. The van der Waals surface area contributed by atoms with Crippen molar-refractivity contribution in [2.24, 2.45) is 0 Å². The average molecular weight is 316 g/mol. The van der Waals surface area contributed by atoms with Crippen LogP contribution in [0.5, 0.6) is 0 Å². The molecular formula is C13H24N4O3S. The summed E-state index contributed by atoms with van der Waals surface area (Å²) >= 11 is 0. The van der Waals surface area contributed by atoms with Crippen molar-refractivity contribution in [1.82, 2.24) is 14.3 Å². The molecule has 0 saturated carbocycles. The number of anilines is 1. The lowest BCUT2D eigenvalue weighted by atomic mass is 10.2. The van der Waals surface area contributed by atoms with E-state index < -0.39 is 10.0 Å². The normalized spacial score (nSPS) is 12.1. The molecule has 8 heteroatoms. The van der Waals surface area contributed by atoms with Crippen molar-refractivity contribution in [1.29, 1.82) is 0 Å². The predicted molar refractivity (Wildman–Crippen MR) is 81.5 cm³/mol. The standard InChI is InChI=1S/C13H24N4O3S/c1-4-11(5-2)17(7-8-18)21(19,20)12-9-15-13(14-6-3)16-10-12/h9-11,18H,4-8H2,1-3H3,(H,14,15,16). The summed E-state index contributed by atoms with van der Waals surface area (Å²) in [6, 6.07) is -0.143. The zero-order valence-corrected chi connectivity index (χ0v) is 13.6. The Bertz CT molecular complexity index is 515. The molecule has 2 N–H and O–H groups in total. The molecule has 1 rings (SSSR count). The molecule has 0 radical (unpaired) electrons. The summed E-state index contributed by atoms with van der Waals surface area (Å²) in [5, 5.41) is 12.1. The summed E-state index contributed by atoms with van der Waals surface area (Å²) in [5.41, 5.74) is 0. The lowest BCUT2D eigenvalue weighted by Gasteiger charge is -2.28. The van der Waals surface area contributed by atoms with Gasteiger partial charge in [0.25, 0.3) is 0 Å². The van der Waals surface area contributed by atoms with E-state index in [0.717, 1.165) is 0 Å². The second-order valence-electron chi connectivity index (χ2n) is 4.58. The van der Waals surface area contributed by atoms with Crippen LogP contribution in [0, 0.1) is 0 Å². The number of hydrogen-bond acceptors (Lipinski definition) is 6. The van der Waals surface area contributed by atoms with Gasteiger partial charge in [0.15, 0.2) is 0 Å². The Balaban J connectivity index is 3.09. The van der Waals surface area contributed by atoms with E-state index in [0.29, 0.717) is 25.3 Å². The van der Waals surface area contributed by atoms with Crippen molar-refractivity contribution in [3.05, 3.63) is 12.4 Å². The molecule has 0 spiro atoms. The summed E-state index contributed by atoms with van der Waals surface area (Å²) in [5.74, 6) is 0.396. The SMILES string of the molecule is CCNc1ncc(S(=O)(=O)N(CCO)C(CC)CC)cn1. The van der Waals surface area contributed by atoms with Crippen molar-refractivity contribution in [2.75, 3.05) is 25.0 Å². The first kappa shape index (κ1) is 17.8. The molecule has 0 aliphatic heterocycles. The highest BCUT2D eigenvalue weighted by Crippen LogP contribution is 2.20. The van der Waals surface area contributed by atoms with Gasteiger partial charge < -0.3 is 10.4 Å². The van der Waals surface area contributed by atoms with Crippen LogP contribution in [-0.2, 0) is 10.0 Å². The van der Waals surface area contributed by atoms with Crippen LogP contribution in [0.1, 0.15) is 33.6 Å². The van der Waals surface area contributed by atoms with Gasteiger partial charge in [0.05, 0.1) is 19.0 Å². The van der Waals surface area contributed by atoms with E-state index in [1.807, 2.05) is 20.8 Å². The van der Waals surface area contributed by atoms with Crippen molar-refractivity contribution < 1.29 is 13.5 Å². The van der Waals surface area contributed by atoms with Gasteiger partial charge in [-0.3, -0.25) is 0 Å². The van der Waals surface area contributed by atoms with E-state index >= 15 is 0 Å². The Morgan fingerprint density at radius 1 is 1.24 bits per heavy atom. The van der Waals surface area contributed by atoms with Gasteiger partial charge in [-0.05, 0) is 19.8 Å². The van der Waals surface area contributed by atoms with Gasteiger partial charge in [0, 0.05) is 19.1 Å². The lowest BCUT2D eigenvalue weighted by Crippen LogP contribution is -2.41. The zero-order valence-electron chi connectivity index (χ0n) is 12.8. The number of hydrogen-bond donors (Lipinski definition) is 2. The lowest BCUT2D eigenvalue weighted by molar-refractivity contribution is 0.219. The molecule has 0 bridgehead atoms. The van der Waals surface area contributed by atoms with Gasteiger partial charge in [-0.25, -0.2) is 18.4 Å². The van der Waals surface area contributed by atoms with Crippen LogP contribution in [0.3, 0.4) is 0 Å². The number of sulfonamides is 1. The van der Waals surface area contributed by atoms with E-state index in [1.54, 1.807) is 0 Å². The maximum Gasteiger partial charge on any atom is 0.246 e. The minimum absolute atomic E-state index is 0.0458. The molecule has 0 atom stereocenters. The van der Waals surface area contributed by atoms with Crippen molar-refractivity contribution >= 4 is 16.0 Å². The Hall–Kier alpha value is -1.25. The van der Waals surface area contributed by atoms with Gasteiger partial charge in [-0.2, -0.15) is 4.31 Å². The van der Waals surface area contributed by atoms with E-state index in [-0.39, 0.29) is 24.1 Å².